The molecule has 0 bridgehead atoms. The highest BCUT2D eigenvalue weighted by Gasteiger charge is 2.60. The molecule has 0 aromatic carbocycles. The normalized spacial score (nSPS) is 27.2. The Morgan fingerprint density at radius 2 is 0.812 bits per heavy atom. The van der Waals surface area contributed by atoms with Crippen molar-refractivity contribution in [2.75, 3.05) is 0 Å². The van der Waals surface area contributed by atoms with Crippen LogP contribution in [0.25, 0.3) is 0 Å². The SMILES string of the molecule is CC(C)C[C@@]1(O)C(=O)C([C@H](C2=C(O)C(C)(C)C(=O)C(C)(C)C2=O)C(C)C)=C(O)C([C@@H](C2=C(O)C(C)(C)C(=O)C(C)(C)C2=O)C(C)C)=C1O. The van der Waals surface area contributed by atoms with Gasteiger partial charge in [-0.3, -0.25) is 24.0 Å². The van der Waals surface area contributed by atoms with Crippen LogP contribution in [0.3, 0.4) is 0 Å². The summed E-state index contributed by atoms with van der Waals surface area (Å²) in [4.78, 5) is 69.5. The zero-order valence-electron chi connectivity index (χ0n) is 30.9. The van der Waals surface area contributed by atoms with Crippen molar-refractivity contribution in [1.82, 2.24) is 0 Å². The summed E-state index contributed by atoms with van der Waals surface area (Å²) in [6.45, 7) is 21.6. The van der Waals surface area contributed by atoms with Crippen LogP contribution in [0.4, 0.5) is 0 Å². The first-order valence-electron chi connectivity index (χ1n) is 16.7. The molecule has 0 amide bonds. The van der Waals surface area contributed by atoms with Gasteiger partial charge in [0.15, 0.2) is 28.7 Å². The summed E-state index contributed by atoms with van der Waals surface area (Å²) in [6.07, 6.45) is -0.323. The summed E-state index contributed by atoms with van der Waals surface area (Å²) in [5.74, 6) is -11.0. The van der Waals surface area contributed by atoms with Crippen LogP contribution in [-0.2, 0) is 24.0 Å². The molecule has 266 valence electrons. The largest absolute Gasteiger partial charge is 0.511 e. The van der Waals surface area contributed by atoms with Crippen LogP contribution in [0.1, 0.15) is 103 Å². The van der Waals surface area contributed by atoms with Crippen molar-refractivity contribution in [3.63, 3.8) is 0 Å². The van der Waals surface area contributed by atoms with E-state index in [-0.39, 0.29) is 17.6 Å². The van der Waals surface area contributed by atoms with Gasteiger partial charge in [-0.15, -0.1) is 0 Å². The van der Waals surface area contributed by atoms with Crippen LogP contribution >= 0.6 is 0 Å². The first-order chi connectivity index (χ1) is 21.5. The fraction of sp³-hybridized carbons (Fsp3) is 0.658. The summed E-state index contributed by atoms with van der Waals surface area (Å²) in [6, 6.07) is 0. The molecular formula is C38H54O10. The molecule has 3 rings (SSSR count). The summed E-state index contributed by atoms with van der Waals surface area (Å²) in [5.41, 5.74) is -10.3. The van der Waals surface area contributed by atoms with Crippen molar-refractivity contribution in [3.8, 4) is 0 Å². The molecule has 0 fully saturated rings. The van der Waals surface area contributed by atoms with Gasteiger partial charge in [-0.05, 0) is 79.6 Å². The molecule has 3 aliphatic carbocycles. The second kappa shape index (κ2) is 11.8. The first kappa shape index (κ1) is 38.9. The molecule has 0 saturated carbocycles. The fourth-order valence-electron chi connectivity index (χ4n) is 8.03. The predicted molar refractivity (Wildman–Crippen MR) is 180 cm³/mol. The standard InChI is InChI=1S/C38H54O10/c1-16(2)15-38(48)30(44)21(19(17(3)4)23-26(40)34(7,8)32(46)35(9,10)27(23)41)25(39)22(31(38)45)20(18(5)6)24-28(42)36(11,12)33(47)37(13,14)29(24)43/h16-20,39-40,42,44,48H,15H2,1-14H3/t19-,20+,38-/m0/s1. The van der Waals surface area contributed by atoms with Crippen molar-refractivity contribution in [3.05, 3.63) is 45.3 Å². The van der Waals surface area contributed by atoms with E-state index in [1.165, 1.54) is 55.4 Å². The van der Waals surface area contributed by atoms with Crippen molar-refractivity contribution >= 4 is 28.9 Å². The molecule has 10 heteroatoms. The number of hydrogen-bond acceptors (Lipinski definition) is 10. The van der Waals surface area contributed by atoms with Crippen molar-refractivity contribution in [2.45, 2.75) is 109 Å². The fourth-order valence-corrected chi connectivity index (χ4v) is 8.03. The van der Waals surface area contributed by atoms with E-state index >= 15 is 0 Å². The van der Waals surface area contributed by atoms with E-state index in [0.29, 0.717) is 0 Å². The van der Waals surface area contributed by atoms with Crippen LogP contribution < -0.4 is 0 Å². The zero-order valence-corrected chi connectivity index (χ0v) is 30.9. The van der Waals surface area contributed by atoms with E-state index in [0.717, 1.165) is 0 Å². The lowest BCUT2D eigenvalue weighted by Gasteiger charge is -2.45. The second-order valence-corrected chi connectivity index (χ2v) is 17.1. The van der Waals surface area contributed by atoms with Crippen LogP contribution in [0.15, 0.2) is 45.3 Å². The van der Waals surface area contributed by atoms with Crippen molar-refractivity contribution in [1.29, 1.82) is 0 Å². The molecule has 0 unspecified atom stereocenters. The third-order valence-corrected chi connectivity index (χ3v) is 10.6. The number of aliphatic hydroxyl groups excluding tert-OH is 4. The number of allylic oxidation sites excluding steroid dienone is 5. The summed E-state index contributed by atoms with van der Waals surface area (Å²) < 4.78 is 0. The number of rotatable bonds is 8. The summed E-state index contributed by atoms with van der Waals surface area (Å²) >= 11 is 0. The van der Waals surface area contributed by atoms with Gasteiger partial charge in [0, 0.05) is 34.1 Å². The van der Waals surface area contributed by atoms with Gasteiger partial charge in [0.25, 0.3) is 0 Å². The molecule has 0 heterocycles. The van der Waals surface area contributed by atoms with Crippen molar-refractivity contribution < 1.29 is 49.5 Å². The number of carbonyl (C=O) groups is 5. The Labute approximate surface area is 283 Å². The third-order valence-electron chi connectivity index (χ3n) is 10.6. The van der Waals surface area contributed by atoms with Gasteiger partial charge in [0.05, 0.1) is 21.7 Å². The van der Waals surface area contributed by atoms with Gasteiger partial charge in [-0.1, -0.05) is 41.5 Å². The monoisotopic (exact) mass is 670 g/mol. The lowest BCUT2D eigenvalue weighted by atomic mass is 9.57. The van der Waals surface area contributed by atoms with E-state index in [2.05, 4.69) is 0 Å². The van der Waals surface area contributed by atoms with Gasteiger partial charge in [0.2, 0.25) is 5.78 Å². The van der Waals surface area contributed by atoms with Gasteiger partial charge in [0.1, 0.15) is 23.0 Å². The maximum absolute atomic E-state index is 14.6. The average Bonchev–Trinajstić information content (AvgIpc) is 2.95. The van der Waals surface area contributed by atoms with Crippen LogP contribution in [0.2, 0.25) is 0 Å². The quantitative estimate of drug-likeness (QED) is 0.177. The maximum atomic E-state index is 14.6. The molecule has 0 aromatic rings. The van der Waals surface area contributed by atoms with E-state index < -0.39 is 120 Å². The average molecular weight is 671 g/mol. The van der Waals surface area contributed by atoms with E-state index in [4.69, 9.17) is 0 Å². The highest BCUT2D eigenvalue weighted by molar-refractivity contribution is 6.21. The predicted octanol–water partition coefficient (Wildman–Crippen LogP) is 6.55. The van der Waals surface area contributed by atoms with Crippen LogP contribution in [0.5, 0.6) is 0 Å². The van der Waals surface area contributed by atoms with E-state index in [1.807, 2.05) is 0 Å². The molecular weight excluding hydrogens is 616 g/mol. The van der Waals surface area contributed by atoms with Crippen LogP contribution in [0, 0.1) is 51.2 Å². The molecule has 3 atom stereocenters. The number of carbonyl (C=O) groups excluding carboxylic acids is 5. The zero-order chi connectivity index (χ0) is 37.6. The minimum Gasteiger partial charge on any atom is -0.511 e. The molecule has 0 aromatic heterocycles. The Balaban J connectivity index is 2.60. The molecule has 0 spiro atoms. The first-order valence-corrected chi connectivity index (χ1v) is 16.7. The molecule has 48 heavy (non-hydrogen) atoms. The van der Waals surface area contributed by atoms with Crippen molar-refractivity contribution in [2.24, 2.45) is 51.2 Å². The van der Waals surface area contributed by atoms with E-state index in [9.17, 15) is 49.5 Å². The van der Waals surface area contributed by atoms with Gasteiger partial charge in [-0.25, -0.2) is 0 Å². The molecule has 0 radical (unpaired) electrons. The summed E-state index contributed by atoms with van der Waals surface area (Å²) in [5, 5.41) is 59.6. The Morgan fingerprint density at radius 1 is 0.479 bits per heavy atom. The van der Waals surface area contributed by atoms with E-state index in [1.54, 1.807) is 41.5 Å². The Bertz CT molecular complexity index is 1620. The number of ketones is 5. The van der Waals surface area contributed by atoms with Gasteiger partial charge < -0.3 is 25.5 Å². The highest BCUT2D eigenvalue weighted by atomic mass is 16.3. The lowest BCUT2D eigenvalue weighted by Crippen LogP contribution is -2.53. The molecule has 0 aliphatic heterocycles. The Hall–Kier alpha value is -3.53. The minimum absolute atomic E-state index is 0.252. The number of Topliss-reactive ketones (excluding diaryl/α,β-unsaturated/α-hetero) is 5. The van der Waals surface area contributed by atoms with Crippen LogP contribution in [-0.4, -0.2) is 60.0 Å². The topological polar surface area (TPSA) is 186 Å². The summed E-state index contributed by atoms with van der Waals surface area (Å²) in [7, 11) is 0. The van der Waals surface area contributed by atoms with Gasteiger partial charge in [-0.2, -0.15) is 0 Å². The maximum Gasteiger partial charge on any atom is 0.202 e. The Morgan fingerprint density at radius 3 is 1.12 bits per heavy atom. The highest BCUT2D eigenvalue weighted by Crippen LogP contribution is 2.54. The molecule has 0 saturated heterocycles. The molecule has 5 N–H and O–H groups in total. The Kier molecular flexibility index (Phi) is 9.58. The number of aliphatic hydroxyl groups is 5. The lowest BCUT2D eigenvalue weighted by molar-refractivity contribution is -0.146. The van der Waals surface area contributed by atoms with Gasteiger partial charge >= 0.3 is 0 Å². The number of hydrogen-bond donors (Lipinski definition) is 5. The minimum atomic E-state index is -2.64. The third kappa shape index (κ3) is 5.29. The second-order valence-electron chi connectivity index (χ2n) is 17.1. The molecule has 10 nitrogen and oxygen atoms in total. The molecule has 3 aliphatic rings. The smallest absolute Gasteiger partial charge is 0.202 e.